The smallest absolute Gasteiger partial charge is 0.139 e. The molecule has 0 aliphatic rings. The van der Waals surface area contributed by atoms with E-state index in [4.69, 9.17) is 0 Å². The van der Waals surface area contributed by atoms with Crippen molar-refractivity contribution in [2.24, 2.45) is 0 Å². The van der Waals surface area contributed by atoms with Crippen LogP contribution >= 0.6 is 0 Å². The molecule has 2 heterocycles. The maximum Gasteiger partial charge on any atom is 0.139 e. The number of aromatic nitrogens is 2. The number of hydrogen-bond acceptors (Lipinski definition) is 1. The lowest BCUT2D eigenvalue weighted by molar-refractivity contribution is 1.14. The summed E-state index contributed by atoms with van der Waals surface area (Å²) in [5, 5.41) is 0. The molecule has 2 rings (SSSR count). The van der Waals surface area contributed by atoms with E-state index in [9.17, 15) is 0 Å². The number of aryl methyl sites for hydroxylation is 2. The van der Waals surface area contributed by atoms with Crippen molar-refractivity contribution in [2.45, 2.75) is 27.7 Å². The van der Waals surface area contributed by atoms with Gasteiger partial charge in [-0.25, -0.2) is 4.98 Å². The SMILES string of the molecule is CC.Cc1ccn2ccnc2c1C. The summed E-state index contributed by atoms with van der Waals surface area (Å²) in [6.07, 6.45) is 5.81. The highest BCUT2D eigenvalue weighted by Gasteiger charge is 1.98. The van der Waals surface area contributed by atoms with Crippen LogP contribution in [0.15, 0.2) is 24.7 Å². The Bertz CT molecular complexity index is 388. The van der Waals surface area contributed by atoms with Crippen LogP contribution in [-0.4, -0.2) is 9.38 Å². The molecule has 0 fully saturated rings. The van der Waals surface area contributed by atoms with Crippen LogP contribution in [0.4, 0.5) is 0 Å². The molecule has 0 aliphatic heterocycles. The topological polar surface area (TPSA) is 17.3 Å². The van der Waals surface area contributed by atoms with E-state index in [2.05, 4.69) is 24.9 Å². The van der Waals surface area contributed by atoms with Crippen LogP contribution in [0.25, 0.3) is 5.65 Å². The van der Waals surface area contributed by atoms with Crippen LogP contribution < -0.4 is 0 Å². The molecule has 70 valence electrons. The second-order valence-electron chi connectivity index (χ2n) is 2.78. The van der Waals surface area contributed by atoms with Crippen molar-refractivity contribution in [1.29, 1.82) is 0 Å². The van der Waals surface area contributed by atoms with Crippen molar-refractivity contribution >= 4 is 5.65 Å². The Hall–Kier alpha value is -1.31. The van der Waals surface area contributed by atoms with Crippen molar-refractivity contribution in [3.63, 3.8) is 0 Å². The summed E-state index contributed by atoms with van der Waals surface area (Å²) >= 11 is 0. The Morgan fingerprint density at radius 3 is 2.54 bits per heavy atom. The van der Waals surface area contributed by atoms with Gasteiger partial charge in [0.25, 0.3) is 0 Å². The molecule has 0 radical (unpaired) electrons. The molecule has 0 N–H and O–H groups in total. The lowest BCUT2D eigenvalue weighted by Gasteiger charge is -2.00. The minimum absolute atomic E-state index is 1.06. The summed E-state index contributed by atoms with van der Waals surface area (Å²) in [6.45, 7) is 8.20. The fourth-order valence-electron chi connectivity index (χ4n) is 1.22. The Morgan fingerprint density at radius 1 is 1.15 bits per heavy atom. The third-order valence-electron chi connectivity index (χ3n) is 2.08. The molecule has 0 aliphatic carbocycles. The highest BCUT2D eigenvalue weighted by atomic mass is 15.0. The summed E-state index contributed by atoms with van der Waals surface area (Å²) in [4.78, 5) is 4.24. The van der Waals surface area contributed by atoms with E-state index in [1.165, 1.54) is 11.1 Å². The maximum atomic E-state index is 4.24. The fourth-order valence-corrected chi connectivity index (χ4v) is 1.22. The first-order valence-electron chi connectivity index (χ1n) is 4.68. The van der Waals surface area contributed by atoms with E-state index in [1.54, 1.807) is 0 Å². The molecule has 2 heteroatoms. The van der Waals surface area contributed by atoms with Gasteiger partial charge in [-0.2, -0.15) is 0 Å². The predicted molar refractivity (Wildman–Crippen MR) is 56.0 cm³/mol. The van der Waals surface area contributed by atoms with Crippen molar-refractivity contribution in [1.82, 2.24) is 9.38 Å². The monoisotopic (exact) mass is 176 g/mol. The van der Waals surface area contributed by atoms with E-state index in [0.29, 0.717) is 0 Å². The van der Waals surface area contributed by atoms with Crippen LogP contribution in [0.3, 0.4) is 0 Å². The lowest BCUT2D eigenvalue weighted by Crippen LogP contribution is -1.89. The average molecular weight is 176 g/mol. The van der Waals surface area contributed by atoms with E-state index in [-0.39, 0.29) is 0 Å². The maximum absolute atomic E-state index is 4.24. The van der Waals surface area contributed by atoms with Gasteiger partial charge >= 0.3 is 0 Å². The molecule has 13 heavy (non-hydrogen) atoms. The first-order valence-corrected chi connectivity index (χ1v) is 4.68. The van der Waals surface area contributed by atoms with Gasteiger partial charge in [-0.1, -0.05) is 13.8 Å². The minimum atomic E-state index is 1.06. The third-order valence-corrected chi connectivity index (χ3v) is 2.08. The van der Waals surface area contributed by atoms with Gasteiger partial charge in [0.05, 0.1) is 0 Å². The van der Waals surface area contributed by atoms with E-state index in [1.807, 2.05) is 36.8 Å². The van der Waals surface area contributed by atoms with Crippen LogP contribution in [0.2, 0.25) is 0 Å². The number of hydrogen-bond donors (Lipinski definition) is 0. The fraction of sp³-hybridized carbons (Fsp3) is 0.364. The zero-order valence-corrected chi connectivity index (χ0v) is 8.70. The number of nitrogens with zero attached hydrogens (tertiary/aromatic N) is 2. The summed E-state index contributed by atoms with van der Waals surface area (Å²) in [5.74, 6) is 0. The van der Waals surface area contributed by atoms with Crippen LogP contribution in [-0.2, 0) is 0 Å². The normalized spacial score (nSPS) is 9.54. The number of rotatable bonds is 0. The van der Waals surface area contributed by atoms with Crippen molar-refractivity contribution < 1.29 is 0 Å². The number of fused-ring (bicyclic) bond motifs is 1. The highest BCUT2D eigenvalue weighted by molar-refractivity contribution is 5.50. The standard InChI is InChI=1S/C9H10N2.C2H6/c1-7-3-5-11-6-4-10-9(11)8(7)2;1-2/h3-6H,1-2H3;1-2H3. The predicted octanol–water partition coefficient (Wildman–Crippen LogP) is 2.98. The second kappa shape index (κ2) is 4.08. The molecular weight excluding hydrogens is 160 g/mol. The van der Waals surface area contributed by atoms with Crippen molar-refractivity contribution in [3.05, 3.63) is 35.8 Å². The lowest BCUT2D eigenvalue weighted by atomic mass is 10.2. The van der Waals surface area contributed by atoms with Crippen LogP contribution in [0.1, 0.15) is 25.0 Å². The van der Waals surface area contributed by atoms with E-state index in [0.717, 1.165) is 5.65 Å². The summed E-state index contributed by atoms with van der Waals surface area (Å²) in [5.41, 5.74) is 3.62. The van der Waals surface area contributed by atoms with Crippen LogP contribution in [0, 0.1) is 13.8 Å². The summed E-state index contributed by atoms with van der Waals surface area (Å²) in [7, 11) is 0. The Morgan fingerprint density at radius 2 is 1.85 bits per heavy atom. The van der Waals surface area contributed by atoms with Gasteiger partial charge in [0.1, 0.15) is 5.65 Å². The molecule has 0 saturated heterocycles. The minimum Gasteiger partial charge on any atom is -0.307 e. The molecular formula is C11H16N2. The molecule has 0 saturated carbocycles. The zero-order valence-electron chi connectivity index (χ0n) is 8.70. The molecule has 0 bridgehead atoms. The zero-order chi connectivity index (χ0) is 9.84. The second-order valence-corrected chi connectivity index (χ2v) is 2.78. The van der Waals surface area contributed by atoms with Crippen molar-refractivity contribution in [2.75, 3.05) is 0 Å². The highest BCUT2D eigenvalue weighted by Crippen LogP contribution is 2.11. The van der Waals surface area contributed by atoms with Gasteiger partial charge in [-0.3, -0.25) is 0 Å². The third kappa shape index (κ3) is 1.72. The number of imidazole rings is 1. The molecule has 2 aromatic heterocycles. The van der Waals surface area contributed by atoms with Gasteiger partial charge in [-0.05, 0) is 31.0 Å². The first-order chi connectivity index (χ1) is 6.29. The largest absolute Gasteiger partial charge is 0.307 e. The first kappa shape index (κ1) is 9.78. The number of pyridine rings is 1. The molecule has 0 amide bonds. The van der Waals surface area contributed by atoms with Gasteiger partial charge in [-0.15, -0.1) is 0 Å². The average Bonchev–Trinajstić information content (AvgIpc) is 2.63. The van der Waals surface area contributed by atoms with Gasteiger partial charge < -0.3 is 4.40 Å². The summed E-state index contributed by atoms with van der Waals surface area (Å²) in [6, 6.07) is 2.10. The Labute approximate surface area is 79.2 Å². The van der Waals surface area contributed by atoms with Crippen molar-refractivity contribution in [3.8, 4) is 0 Å². The van der Waals surface area contributed by atoms with E-state index >= 15 is 0 Å². The van der Waals surface area contributed by atoms with Gasteiger partial charge in [0, 0.05) is 18.6 Å². The van der Waals surface area contributed by atoms with E-state index < -0.39 is 0 Å². The van der Waals surface area contributed by atoms with Gasteiger partial charge in [0.15, 0.2) is 0 Å². The summed E-state index contributed by atoms with van der Waals surface area (Å²) < 4.78 is 2.03. The quantitative estimate of drug-likeness (QED) is 0.603. The molecule has 0 atom stereocenters. The Balaban J connectivity index is 0.000000396. The molecule has 2 nitrogen and oxygen atoms in total. The molecule has 0 unspecified atom stereocenters. The Kier molecular flexibility index (Phi) is 3.07. The molecule has 0 aromatic carbocycles. The molecule has 0 spiro atoms. The molecule has 2 aromatic rings. The van der Waals surface area contributed by atoms with Gasteiger partial charge in [0.2, 0.25) is 0 Å². The van der Waals surface area contributed by atoms with Crippen LogP contribution in [0.5, 0.6) is 0 Å².